The quantitative estimate of drug-likeness (QED) is 0.601. The van der Waals surface area contributed by atoms with Crippen LogP contribution < -0.4 is 0 Å². The van der Waals surface area contributed by atoms with Gasteiger partial charge in [0.2, 0.25) is 0 Å². The first-order valence-electron chi connectivity index (χ1n) is 12.3. The van der Waals surface area contributed by atoms with Crippen LogP contribution in [0.1, 0.15) is 86.0 Å². The van der Waals surface area contributed by atoms with Gasteiger partial charge in [-0.05, 0) is 106 Å². The number of aliphatic hydroxyl groups is 2. The number of carbonyl (C=O) groups is 1. The third-order valence-electron chi connectivity index (χ3n) is 9.71. The predicted molar refractivity (Wildman–Crippen MR) is 121 cm³/mol. The SMILES string of the molecule is C[C@H](CC=CC(C)(C)O)[C@H]1CC[C@H]2[C@@H]3C(=O)C=C4C[C@@H](O)CC[C@]4(C)[C@H]3CC[C@]12C. The standard InChI is InChI=1S/C27H42O3/c1-17(7-6-12-25(2,3)30)20-8-9-21-24-22(11-14-27(20,21)5)26(4)13-10-19(28)15-18(26)16-23(24)29/h6,12,16-17,19-22,24,28,30H,7-11,13-15H2,1-5H3/t17-,19+,20-,21+,22+,24+,26+,27-/m1/s1. The van der Waals surface area contributed by atoms with Gasteiger partial charge in [-0.15, -0.1) is 0 Å². The fourth-order valence-corrected chi connectivity index (χ4v) is 8.09. The molecule has 0 aromatic carbocycles. The highest BCUT2D eigenvalue weighted by Crippen LogP contribution is 2.66. The van der Waals surface area contributed by atoms with Crippen LogP contribution in [0.25, 0.3) is 0 Å². The molecule has 3 saturated carbocycles. The van der Waals surface area contributed by atoms with Crippen LogP contribution in [-0.4, -0.2) is 27.7 Å². The average Bonchev–Trinajstić information content (AvgIpc) is 2.99. The van der Waals surface area contributed by atoms with Crippen molar-refractivity contribution in [3.8, 4) is 0 Å². The molecule has 3 heteroatoms. The van der Waals surface area contributed by atoms with E-state index in [4.69, 9.17) is 0 Å². The van der Waals surface area contributed by atoms with Crippen LogP contribution in [0, 0.1) is 40.4 Å². The molecule has 0 heterocycles. The Morgan fingerprint density at radius 2 is 1.90 bits per heavy atom. The summed E-state index contributed by atoms with van der Waals surface area (Å²) < 4.78 is 0. The number of allylic oxidation sites excluding steroid dienone is 2. The van der Waals surface area contributed by atoms with Crippen molar-refractivity contribution in [2.24, 2.45) is 40.4 Å². The maximum atomic E-state index is 13.4. The van der Waals surface area contributed by atoms with Gasteiger partial charge in [-0.25, -0.2) is 0 Å². The molecule has 8 atom stereocenters. The van der Waals surface area contributed by atoms with Gasteiger partial charge in [0.25, 0.3) is 0 Å². The minimum Gasteiger partial charge on any atom is -0.393 e. The van der Waals surface area contributed by atoms with Crippen molar-refractivity contribution in [2.45, 2.75) is 97.7 Å². The second-order valence-electron chi connectivity index (χ2n) is 12.1. The van der Waals surface area contributed by atoms with E-state index in [9.17, 15) is 15.0 Å². The number of aliphatic hydroxyl groups excluding tert-OH is 1. The van der Waals surface area contributed by atoms with Crippen LogP contribution in [0.15, 0.2) is 23.8 Å². The van der Waals surface area contributed by atoms with Gasteiger partial charge in [0.05, 0.1) is 11.7 Å². The lowest BCUT2D eigenvalue weighted by molar-refractivity contribution is -0.135. The van der Waals surface area contributed by atoms with Crippen LogP contribution in [0.3, 0.4) is 0 Å². The summed E-state index contributed by atoms with van der Waals surface area (Å²) in [6.07, 6.45) is 14.1. The molecule has 30 heavy (non-hydrogen) atoms. The fourth-order valence-electron chi connectivity index (χ4n) is 8.09. The van der Waals surface area contributed by atoms with Crippen molar-refractivity contribution in [3.05, 3.63) is 23.8 Å². The van der Waals surface area contributed by atoms with Crippen molar-refractivity contribution in [1.82, 2.24) is 0 Å². The Morgan fingerprint density at radius 3 is 2.60 bits per heavy atom. The molecule has 0 aliphatic heterocycles. The molecule has 0 unspecified atom stereocenters. The molecule has 3 fully saturated rings. The molecule has 0 aromatic heterocycles. The molecule has 3 nitrogen and oxygen atoms in total. The summed E-state index contributed by atoms with van der Waals surface area (Å²) in [5, 5.41) is 20.2. The van der Waals surface area contributed by atoms with Crippen molar-refractivity contribution < 1.29 is 15.0 Å². The summed E-state index contributed by atoms with van der Waals surface area (Å²) in [5.41, 5.74) is 0.838. The van der Waals surface area contributed by atoms with E-state index < -0.39 is 5.60 Å². The first-order valence-corrected chi connectivity index (χ1v) is 12.3. The highest BCUT2D eigenvalue weighted by Gasteiger charge is 2.61. The highest BCUT2D eigenvalue weighted by molar-refractivity contribution is 5.94. The molecular formula is C27H42O3. The first-order chi connectivity index (χ1) is 14.0. The van der Waals surface area contributed by atoms with Crippen molar-refractivity contribution in [1.29, 1.82) is 0 Å². The van der Waals surface area contributed by atoms with Crippen LogP contribution in [0.4, 0.5) is 0 Å². The summed E-state index contributed by atoms with van der Waals surface area (Å²) in [6.45, 7) is 10.9. The number of hydrogen-bond donors (Lipinski definition) is 2. The van der Waals surface area contributed by atoms with Crippen LogP contribution in [0.2, 0.25) is 0 Å². The van der Waals surface area contributed by atoms with Crippen LogP contribution in [-0.2, 0) is 4.79 Å². The number of hydrogen-bond acceptors (Lipinski definition) is 3. The lowest BCUT2D eigenvalue weighted by Gasteiger charge is -2.57. The molecule has 4 rings (SSSR count). The Morgan fingerprint density at radius 1 is 1.17 bits per heavy atom. The zero-order chi connectivity index (χ0) is 21.9. The fraction of sp³-hybridized carbons (Fsp3) is 0.815. The highest BCUT2D eigenvalue weighted by atomic mass is 16.3. The van der Waals surface area contributed by atoms with E-state index in [0.29, 0.717) is 35.9 Å². The van der Waals surface area contributed by atoms with Crippen molar-refractivity contribution in [3.63, 3.8) is 0 Å². The zero-order valence-corrected chi connectivity index (χ0v) is 19.7. The number of carbonyl (C=O) groups excluding carboxylic acids is 1. The van der Waals surface area contributed by atoms with E-state index in [1.54, 1.807) is 0 Å². The third-order valence-corrected chi connectivity index (χ3v) is 9.71. The Bertz CT molecular complexity index is 744. The second-order valence-corrected chi connectivity index (χ2v) is 12.1. The van der Waals surface area contributed by atoms with Gasteiger partial charge in [-0.2, -0.15) is 0 Å². The minimum atomic E-state index is -0.749. The van der Waals surface area contributed by atoms with Gasteiger partial charge >= 0.3 is 0 Å². The Kier molecular flexibility index (Phi) is 5.63. The summed E-state index contributed by atoms with van der Waals surface area (Å²) in [5.74, 6) is 2.70. The predicted octanol–water partition coefficient (Wildman–Crippen LogP) is 5.46. The van der Waals surface area contributed by atoms with E-state index in [1.165, 1.54) is 24.8 Å². The van der Waals surface area contributed by atoms with E-state index in [-0.39, 0.29) is 22.9 Å². The molecule has 0 radical (unpaired) electrons. The van der Waals surface area contributed by atoms with Gasteiger partial charge in [0.15, 0.2) is 5.78 Å². The first kappa shape index (κ1) is 22.3. The van der Waals surface area contributed by atoms with Gasteiger partial charge in [-0.1, -0.05) is 38.5 Å². The maximum Gasteiger partial charge on any atom is 0.159 e. The summed E-state index contributed by atoms with van der Waals surface area (Å²) >= 11 is 0. The smallest absolute Gasteiger partial charge is 0.159 e. The van der Waals surface area contributed by atoms with Crippen molar-refractivity contribution in [2.75, 3.05) is 0 Å². The number of ketones is 1. The average molecular weight is 415 g/mol. The topological polar surface area (TPSA) is 57.5 Å². The lowest BCUT2D eigenvalue weighted by atomic mass is 9.46. The van der Waals surface area contributed by atoms with E-state index in [0.717, 1.165) is 25.7 Å². The lowest BCUT2D eigenvalue weighted by Crippen LogP contribution is -2.53. The zero-order valence-electron chi connectivity index (χ0n) is 19.7. The van der Waals surface area contributed by atoms with Gasteiger partial charge in [-0.3, -0.25) is 4.79 Å². The molecule has 4 aliphatic rings. The molecule has 0 saturated heterocycles. The van der Waals surface area contributed by atoms with Gasteiger partial charge in [0, 0.05) is 5.92 Å². The third kappa shape index (κ3) is 3.64. The summed E-state index contributed by atoms with van der Waals surface area (Å²) in [4.78, 5) is 13.4. The minimum absolute atomic E-state index is 0.109. The van der Waals surface area contributed by atoms with Crippen LogP contribution >= 0.6 is 0 Å². The molecule has 168 valence electrons. The molecule has 0 spiro atoms. The van der Waals surface area contributed by atoms with Crippen LogP contribution in [0.5, 0.6) is 0 Å². The van der Waals surface area contributed by atoms with Gasteiger partial charge < -0.3 is 10.2 Å². The molecule has 0 aromatic rings. The second kappa shape index (κ2) is 7.59. The van der Waals surface area contributed by atoms with E-state index in [1.807, 2.05) is 26.0 Å². The van der Waals surface area contributed by atoms with Crippen molar-refractivity contribution >= 4 is 5.78 Å². The number of fused-ring (bicyclic) bond motifs is 5. The monoisotopic (exact) mass is 414 g/mol. The van der Waals surface area contributed by atoms with Gasteiger partial charge in [0.1, 0.15) is 0 Å². The Hall–Kier alpha value is -0.930. The molecule has 4 aliphatic carbocycles. The molecule has 0 amide bonds. The Balaban J connectivity index is 1.56. The summed E-state index contributed by atoms with van der Waals surface area (Å²) in [7, 11) is 0. The summed E-state index contributed by atoms with van der Waals surface area (Å²) in [6, 6.07) is 0. The molecular weight excluding hydrogens is 372 g/mol. The van der Waals surface area contributed by atoms with E-state index in [2.05, 4.69) is 26.8 Å². The van der Waals surface area contributed by atoms with E-state index >= 15 is 0 Å². The normalized spacial score (nSPS) is 45.0. The largest absolute Gasteiger partial charge is 0.393 e. The molecule has 2 N–H and O–H groups in total. The number of rotatable bonds is 4. The Labute approximate surface area is 183 Å². The maximum absolute atomic E-state index is 13.4. The molecule has 0 bridgehead atoms.